The van der Waals surface area contributed by atoms with E-state index >= 15 is 0 Å². The minimum absolute atomic E-state index is 0.697. The highest BCUT2D eigenvalue weighted by atomic mass is 15.0. The average Bonchev–Trinajstić information content (AvgIpc) is 2.52. The zero-order valence-electron chi connectivity index (χ0n) is 10.8. The molecule has 0 saturated heterocycles. The van der Waals surface area contributed by atoms with Gasteiger partial charge in [-0.3, -0.25) is 4.99 Å². The molecule has 0 aromatic carbocycles. The van der Waals surface area contributed by atoms with Crippen molar-refractivity contribution in [1.82, 2.24) is 5.32 Å². The van der Waals surface area contributed by atoms with E-state index in [1.54, 1.807) is 0 Å². The van der Waals surface area contributed by atoms with Crippen molar-refractivity contribution >= 4 is 5.84 Å². The summed E-state index contributed by atoms with van der Waals surface area (Å²) >= 11 is 0. The second-order valence-corrected chi connectivity index (χ2v) is 5.75. The lowest BCUT2D eigenvalue weighted by atomic mass is 9.79. The number of hydrogen-bond acceptors (Lipinski definition) is 2. The Kier molecular flexibility index (Phi) is 4.25. The SMILES string of the molecule is CC1CCC(NC2=NCCCCC2)CC1C. The predicted molar refractivity (Wildman–Crippen MR) is 69.9 cm³/mol. The van der Waals surface area contributed by atoms with Crippen LogP contribution in [0.4, 0.5) is 0 Å². The molecular weight excluding hydrogens is 196 g/mol. The van der Waals surface area contributed by atoms with E-state index in [0.717, 1.165) is 18.4 Å². The Hall–Kier alpha value is -0.530. The Balaban J connectivity index is 1.82. The lowest BCUT2D eigenvalue weighted by molar-refractivity contribution is 0.240. The molecule has 1 N–H and O–H groups in total. The van der Waals surface area contributed by atoms with Crippen LogP contribution in [0.2, 0.25) is 0 Å². The summed E-state index contributed by atoms with van der Waals surface area (Å²) in [6.45, 7) is 5.83. The Morgan fingerprint density at radius 3 is 2.75 bits per heavy atom. The molecule has 3 atom stereocenters. The molecule has 2 heteroatoms. The molecule has 2 rings (SSSR count). The maximum absolute atomic E-state index is 4.67. The van der Waals surface area contributed by atoms with Crippen LogP contribution in [-0.2, 0) is 0 Å². The highest BCUT2D eigenvalue weighted by molar-refractivity contribution is 5.82. The molecule has 0 amide bonds. The van der Waals surface area contributed by atoms with Crippen LogP contribution in [0.1, 0.15) is 58.8 Å². The minimum Gasteiger partial charge on any atom is -0.371 e. The molecule has 2 nitrogen and oxygen atoms in total. The van der Waals surface area contributed by atoms with Gasteiger partial charge in [-0.15, -0.1) is 0 Å². The average molecular weight is 222 g/mol. The highest BCUT2D eigenvalue weighted by Gasteiger charge is 2.24. The number of nitrogens with one attached hydrogen (secondary N) is 1. The first-order chi connectivity index (χ1) is 7.75. The summed E-state index contributed by atoms with van der Waals surface area (Å²) in [5.74, 6) is 3.08. The molecule has 1 saturated carbocycles. The van der Waals surface area contributed by atoms with Crippen LogP contribution in [0, 0.1) is 11.8 Å². The summed E-state index contributed by atoms with van der Waals surface area (Å²) < 4.78 is 0. The molecule has 1 aliphatic carbocycles. The molecule has 0 aromatic rings. The first-order valence-corrected chi connectivity index (χ1v) is 7.05. The van der Waals surface area contributed by atoms with Gasteiger partial charge in [0.2, 0.25) is 0 Å². The predicted octanol–water partition coefficient (Wildman–Crippen LogP) is 3.37. The Labute approximate surface area is 99.9 Å². The molecule has 1 fully saturated rings. The third-order valence-electron chi connectivity index (χ3n) is 4.34. The van der Waals surface area contributed by atoms with Crippen LogP contribution in [0.15, 0.2) is 4.99 Å². The van der Waals surface area contributed by atoms with Crippen molar-refractivity contribution in [3.63, 3.8) is 0 Å². The van der Waals surface area contributed by atoms with Gasteiger partial charge < -0.3 is 5.32 Å². The van der Waals surface area contributed by atoms with E-state index in [4.69, 9.17) is 0 Å². The van der Waals surface area contributed by atoms with E-state index in [1.165, 1.54) is 50.8 Å². The summed E-state index contributed by atoms with van der Waals surface area (Å²) in [6, 6.07) is 0.697. The van der Waals surface area contributed by atoms with Crippen LogP contribution in [0.25, 0.3) is 0 Å². The van der Waals surface area contributed by atoms with Gasteiger partial charge in [0.1, 0.15) is 0 Å². The number of hydrogen-bond donors (Lipinski definition) is 1. The molecular formula is C14H26N2. The van der Waals surface area contributed by atoms with E-state index in [1.807, 2.05) is 0 Å². The number of amidine groups is 1. The summed E-state index contributed by atoms with van der Waals surface area (Å²) in [7, 11) is 0. The fourth-order valence-corrected chi connectivity index (χ4v) is 2.91. The second-order valence-electron chi connectivity index (χ2n) is 5.75. The van der Waals surface area contributed by atoms with E-state index in [2.05, 4.69) is 24.2 Å². The molecule has 1 aliphatic heterocycles. The van der Waals surface area contributed by atoms with Gasteiger partial charge in [0.25, 0.3) is 0 Å². The van der Waals surface area contributed by atoms with Gasteiger partial charge >= 0.3 is 0 Å². The molecule has 0 aromatic heterocycles. The maximum atomic E-state index is 4.67. The van der Waals surface area contributed by atoms with E-state index in [0.29, 0.717) is 6.04 Å². The van der Waals surface area contributed by atoms with E-state index in [9.17, 15) is 0 Å². The zero-order valence-corrected chi connectivity index (χ0v) is 10.8. The first kappa shape index (κ1) is 11.9. The topological polar surface area (TPSA) is 24.4 Å². The monoisotopic (exact) mass is 222 g/mol. The summed E-state index contributed by atoms with van der Waals surface area (Å²) in [5.41, 5.74) is 0. The van der Waals surface area contributed by atoms with Crippen molar-refractivity contribution in [2.24, 2.45) is 16.8 Å². The van der Waals surface area contributed by atoms with Crippen molar-refractivity contribution in [3.8, 4) is 0 Å². The molecule has 3 unspecified atom stereocenters. The second kappa shape index (κ2) is 5.70. The van der Waals surface area contributed by atoms with Crippen LogP contribution >= 0.6 is 0 Å². The third-order valence-corrected chi connectivity index (χ3v) is 4.34. The Bertz CT molecular complexity index is 247. The number of rotatable bonds is 1. The first-order valence-electron chi connectivity index (χ1n) is 7.05. The quantitative estimate of drug-likeness (QED) is 0.722. The fraction of sp³-hybridized carbons (Fsp3) is 0.929. The van der Waals surface area contributed by atoms with Crippen molar-refractivity contribution in [3.05, 3.63) is 0 Å². The van der Waals surface area contributed by atoms with Crippen molar-refractivity contribution in [2.75, 3.05) is 6.54 Å². The highest BCUT2D eigenvalue weighted by Crippen LogP contribution is 2.29. The van der Waals surface area contributed by atoms with E-state index in [-0.39, 0.29) is 0 Å². The lowest BCUT2D eigenvalue weighted by Crippen LogP contribution is -2.39. The van der Waals surface area contributed by atoms with Crippen LogP contribution in [0.3, 0.4) is 0 Å². The van der Waals surface area contributed by atoms with Crippen LogP contribution in [0.5, 0.6) is 0 Å². The maximum Gasteiger partial charge on any atom is 0.0965 e. The largest absolute Gasteiger partial charge is 0.371 e. The molecule has 92 valence electrons. The molecule has 0 bridgehead atoms. The molecule has 1 heterocycles. The van der Waals surface area contributed by atoms with Crippen LogP contribution < -0.4 is 5.32 Å². The normalized spacial score (nSPS) is 36.4. The summed E-state index contributed by atoms with van der Waals surface area (Å²) in [4.78, 5) is 4.67. The third kappa shape index (κ3) is 3.23. The van der Waals surface area contributed by atoms with Gasteiger partial charge in [0.05, 0.1) is 5.84 Å². The molecule has 0 spiro atoms. The van der Waals surface area contributed by atoms with Gasteiger partial charge in [0.15, 0.2) is 0 Å². The van der Waals surface area contributed by atoms with E-state index < -0.39 is 0 Å². The van der Waals surface area contributed by atoms with Crippen LogP contribution in [-0.4, -0.2) is 18.4 Å². The molecule has 2 aliphatic rings. The minimum atomic E-state index is 0.697. The smallest absolute Gasteiger partial charge is 0.0965 e. The molecule has 16 heavy (non-hydrogen) atoms. The summed E-state index contributed by atoms with van der Waals surface area (Å²) in [6.07, 6.45) is 9.19. The number of aliphatic imine (C=N–C) groups is 1. The van der Waals surface area contributed by atoms with Gasteiger partial charge in [-0.05, 0) is 43.9 Å². The Morgan fingerprint density at radius 2 is 1.94 bits per heavy atom. The van der Waals surface area contributed by atoms with Crippen molar-refractivity contribution < 1.29 is 0 Å². The van der Waals surface area contributed by atoms with Gasteiger partial charge in [-0.25, -0.2) is 0 Å². The summed E-state index contributed by atoms with van der Waals surface area (Å²) in [5, 5.41) is 3.70. The lowest BCUT2D eigenvalue weighted by Gasteiger charge is -2.33. The van der Waals surface area contributed by atoms with Crippen molar-refractivity contribution in [2.45, 2.75) is 64.8 Å². The number of nitrogens with zero attached hydrogens (tertiary/aromatic N) is 1. The Morgan fingerprint density at radius 1 is 1.06 bits per heavy atom. The standard InChI is InChI=1S/C14H26N2/c1-11-7-8-13(10-12(11)2)16-14-6-4-3-5-9-15-14/h11-13H,3-10H2,1-2H3,(H,15,16). The van der Waals surface area contributed by atoms with Gasteiger partial charge in [0, 0.05) is 19.0 Å². The van der Waals surface area contributed by atoms with Gasteiger partial charge in [-0.1, -0.05) is 20.3 Å². The zero-order chi connectivity index (χ0) is 11.4. The van der Waals surface area contributed by atoms with Crippen molar-refractivity contribution in [1.29, 1.82) is 0 Å². The fourth-order valence-electron chi connectivity index (χ4n) is 2.91. The molecule has 0 radical (unpaired) electrons. The van der Waals surface area contributed by atoms with Gasteiger partial charge in [-0.2, -0.15) is 0 Å².